The van der Waals surface area contributed by atoms with Gasteiger partial charge in [-0.2, -0.15) is 13.2 Å². The van der Waals surface area contributed by atoms with Crippen molar-refractivity contribution in [2.45, 2.75) is 6.18 Å². The van der Waals surface area contributed by atoms with Gasteiger partial charge in [-0.1, -0.05) is 24.3 Å². The van der Waals surface area contributed by atoms with E-state index in [1.165, 1.54) is 6.20 Å². The van der Waals surface area contributed by atoms with Crippen molar-refractivity contribution in [2.24, 2.45) is 0 Å². The third-order valence-corrected chi connectivity index (χ3v) is 2.73. The molecule has 0 saturated carbocycles. The SMILES string of the molecule is FC(F)(F)c1nc2ccccc2c2cccnc12. The van der Waals surface area contributed by atoms with Crippen molar-refractivity contribution >= 4 is 21.8 Å². The van der Waals surface area contributed by atoms with E-state index in [1.54, 1.807) is 36.4 Å². The van der Waals surface area contributed by atoms with Gasteiger partial charge < -0.3 is 0 Å². The van der Waals surface area contributed by atoms with Crippen molar-refractivity contribution in [3.8, 4) is 0 Å². The van der Waals surface area contributed by atoms with Gasteiger partial charge >= 0.3 is 6.18 Å². The van der Waals surface area contributed by atoms with E-state index in [1.807, 2.05) is 0 Å². The first-order valence-corrected chi connectivity index (χ1v) is 5.28. The van der Waals surface area contributed by atoms with Crippen LogP contribution in [0.1, 0.15) is 5.69 Å². The predicted octanol–water partition coefficient (Wildman–Crippen LogP) is 3.80. The molecule has 0 fully saturated rings. The number of nitrogens with zero attached hydrogens (tertiary/aromatic N) is 2. The summed E-state index contributed by atoms with van der Waals surface area (Å²) in [6.45, 7) is 0. The molecule has 2 heterocycles. The molecule has 3 rings (SSSR count). The standard InChI is InChI=1S/C13H7F3N2/c14-13(15,16)12-11-9(5-3-7-17-11)8-4-1-2-6-10(8)18-12/h1-7H. The molecule has 90 valence electrons. The highest BCUT2D eigenvalue weighted by Crippen LogP contribution is 2.35. The van der Waals surface area contributed by atoms with E-state index in [2.05, 4.69) is 9.97 Å². The van der Waals surface area contributed by atoms with E-state index in [0.29, 0.717) is 16.3 Å². The highest BCUT2D eigenvalue weighted by atomic mass is 19.4. The summed E-state index contributed by atoms with van der Waals surface area (Å²) in [5, 5.41) is 1.14. The van der Waals surface area contributed by atoms with Gasteiger partial charge in [0.1, 0.15) is 5.52 Å². The lowest BCUT2D eigenvalue weighted by Gasteiger charge is -2.10. The van der Waals surface area contributed by atoms with Gasteiger partial charge in [0, 0.05) is 17.0 Å². The Balaban J connectivity index is 2.55. The molecule has 2 aromatic heterocycles. The second-order valence-electron chi connectivity index (χ2n) is 3.87. The van der Waals surface area contributed by atoms with E-state index in [-0.39, 0.29) is 5.52 Å². The average molecular weight is 248 g/mol. The van der Waals surface area contributed by atoms with Gasteiger partial charge in [0.15, 0.2) is 5.69 Å². The first-order valence-electron chi connectivity index (χ1n) is 5.28. The number of benzene rings is 1. The molecule has 0 spiro atoms. The highest BCUT2D eigenvalue weighted by Gasteiger charge is 2.35. The lowest BCUT2D eigenvalue weighted by Crippen LogP contribution is -2.09. The molecular formula is C13H7F3N2. The second kappa shape index (κ2) is 3.66. The lowest BCUT2D eigenvalue weighted by atomic mass is 10.1. The zero-order valence-corrected chi connectivity index (χ0v) is 9.07. The van der Waals surface area contributed by atoms with Crippen LogP contribution >= 0.6 is 0 Å². The van der Waals surface area contributed by atoms with Crippen LogP contribution in [0.2, 0.25) is 0 Å². The number of para-hydroxylation sites is 1. The number of hydrogen-bond donors (Lipinski definition) is 0. The van der Waals surface area contributed by atoms with Crippen LogP contribution in [-0.2, 0) is 6.18 Å². The predicted molar refractivity (Wildman–Crippen MR) is 62.0 cm³/mol. The molecule has 0 atom stereocenters. The summed E-state index contributed by atoms with van der Waals surface area (Å²) in [7, 11) is 0. The topological polar surface area (TPSA) is 25.8 Å². The molecule has 18 heavy (non-hydrogen) atoms. The van der Waals surface area contributed by atoms with Crippen LogP contribution in [-0.4, -0.2) is 9.97 Å². The van der Waals surface area contributed by atoms with Crippen molar-refractivity contribution in [1.82, 2.24) is 9.97 Å². The smallest absolute Gasteiger partial charge is 0.254 e. The third kappa shape index (κ3) is 1.59. The van der Waals surface area contributed by atoms with Crippen molar-refractivity contribution in [2.75, 3.05) is 0 Å². The Labute approximate surface area is 100 Å². The number of halogens is 3. The van der Waals surface area contributed by atoms with Gasteiger partial charge in [-0.15, -0.1) is 0 Å². The van der Waals surface area contributed by atoms with Crippen molar-refractivity contribution in [3.05, 3.63) is 48.3 Å². The number of hydrogen-bond acceptors (Lipinski definition) is 2. The van der Waals surface area contributed by atoms with Crippen molar-refractivity contribution < 1.29 is 13.2 Å². The Hall–Kier alpha value is -2.17. The molecule has 0 aliphatic carbocycles. The molecule has 0 bridgehead atoms. The second-order valence-corrected chi connectivity index (χ2v) is 3.87. The van der Waals surface area contributed by atoms with Crippen LogP contribution in [0.15, 0.2) is 42.6 Å². The summed E-state index contributed by atoms with van der Waals surface area (Å²) in [6.07, 6.45) is -3.16. The minimum Gasteiger partial charge on any atom is -0.254 e. The molecule has 0 N–H and O–H groups in total. The summed E-state index contributed by atoms with van der Waals surface area (Å²) < 4.78 is 38.8. The maximum Gasteiger partial charge on any atom is 0.435 e. The number of fused-ring (bicyclic) bond motifs is 3. The van der Waals surface area contributed by atoms with Crippen molar-refractivity contribution in [3.63, 3.8) is 0 Å². The van der Waals surface area contributed by atoms with Crippen LogP contribution in [0, 0.1) is 0 Å². The molecule has 0 unspecified atom stereocenters. The normalized spacial score (nSPS) is 12.2. The number of aromatic nitrogens is 2. The number of alkyl halides is 3. The van der Waals surface area contributed by atoms with E-state index in [9.17, 15) is 13.2 Å². The third-order valence-electron chi connectivity index (χ3n) is 2.73. The Morgan fingerprint density at radius 3 is 2.39 bits per heavy atom. The summed E-state index contributed by atoms with van der Waals surface area (Å²) in [5.74, 6) is 0. The molecule has 0 radical (unpaired) electrons. The quantitative estimate of drug-likeness (QED) is 0.565. The summed E-state index contributed by atoms with van der Waals surface area (Å²) in [5.41, 5.74) is -0.717. The Morgan fingerprint density at radius 2 is 1.61 bits per heavy atom. The summed E-state index contributed by atoms with van der Waals surface area (Å²) in [6, 6.07) is 9.99. The van der Waals surface area contributed by atoms with Crippen LogP contribution in [0.5, 0.6) is 0 Å². The first kappa shape index (κ1) is 11.0. The fourth-order valence-corrected chi connectivity index (χ4v) is 1.98. The Kier molecular flexibility index (Phi) is 2.23. The van der Waals surface area contributed by atoms with Gasteiger partial charge in [-0.25, -0.2) is 4.98 Å². The van der Waals surface area contributed by atoms with Crippen LogP contribution < -0.4 is 0 Å². The van der Waals surface area contributed by atoms with Gasteiger partial charge in [-0.05, 0) is 12.1 Å². The molecule has 2 nitrogen and oxygen atoms in total. The van der Waals surface area contributed by atoms with E-state index >= 15 is 0 Å². The number of pyridine rings is 2. The fraction of sp³-hybridized carbons (Fsp3) is 0.0769. The van der Waals surface area contributed by atoms with Crippen LogP contribution in [0.3, 0.4) is 0 Å². The highest BCUT2D eigenvalue weighted by molar-refractivity contribution is 6.05. The minimum absolute atomic E-state index is 0.108. The van der Waals surface area contributed by atoms with Crippen LogP contribution in [0.4, 0.5) is 13.2 Å². The van der Waals surface area contributed by atoms with Gasteiger partial charge in [0.05, 0.1) is 5.52 Å². The van der Waals surface area contributed by atoms with E-state index in [4.69, 9.17) is 0 Å². The Morgan fingerprint density at radius 1 is 0.889 bits per heavy atom. The molecule has 3 aromatic rings. The average Bonchev–Trinajstić information content (AvgIpc) is 2.37. The maximum atomic E-state index is 12.9. The van der Waals surface area contributed by atoms with E-state index < -0.39 is 11.9 Å². The van der Waals surface area contributed by atoms with Crippen LogP contribution in [0.25, 0.3) is 21.8 Å². The van der Waals surface area contributed by atoms with Gasteiger partial charge in [0.25, 0.3) is 0 Å². The minimum atomic E-state index is -4.50. The maximum absolute atomic E-state index is 12.9. The van der Waals surface area contributed by atoms with Crippen molar-refractivity contribution in [1.29, 1.82) is 0 Å². The van der Waals surface area contributed by atoms with Gasteiger partial charge in [0.2, 0.25) is 0 Å². The molecule has 1 aromatic carbocycles. The zero-order chi connectivity index (χ0) is 12.8. The monoisotopic (exact) mass is 248 g/mol. The Bertz CT molecular complexity index is 735. The summed E-state index contributed by atoms with van der Waals surface area (Å²) in [4.78, 5) is 7.50. The molecular weight excluding hydrogens is 241 g/mol. The molecule has 0 aliphatic rings. The lowest BCUT2D eigenvalue weighted by molar-refractivity contribution is -0.139. The van der Waals surface area contributed by atoms with E-state index in [0.717, 1.165) is 0 Å². The molecule has 0 amide bonds. The first-order chi connectivity index (χ1) is 8.57. The molecule has 0 aliphatic heterocycles. The molecule has 5 heteroatoms. The zero-order valence-electron chi connectivity index (χ0n) is 9.07. The van der Waals surface area contributed by atoms with Gasteiger partial charge in [-0.3, -0.25) is 4.98 Å². The molecule has 0 saturated heterocycles. The fourth-order valence-electron chi connectivity index (χ4n) is 1.98. The largest absolute Gasteiger partial charge is 0.435 e. The number of rotatable bonds is 0. The summed E-state index contributed by atoms with van der Waals surface area (Å²) >= 11 is 0.